The van der Waals surface area contributed by atoms with Crippen molar-refractivity contribution in [3.05, 3.63) is 35.1 Å². The summed E-state index contributed by atoms with van der Waals surface area (Å²) in [6, 6.07) is 3.64. The minimum atomic E-state index is -1.06. The van der Waals surface area contributed by atoms with Gasteiger partial charge >= 0.3 is 5.97 Å². The molecule has 0 spiro atoms. The van der Waals surface area contributed by atoms with E-state index < -0.39 is 11.8 Å². The van der Waals surface area contributed by atoms with Crippen molar-refractivity contribution in [3.8, 4) is 0 Å². The summed E-state index contributed by atoms with van der Waals surface area (Å²) < 4.78 is 18.4. The van der Waals surface area contributed by atoms with Crippen molar-refractivity contribution in [2.75, 3.05) is 6.61 Å². The zero-order valence-corrected chi connectivity index (χ0v) is 10.6. The maximum Gasteiger partial charge on any atom is 0.336 e. The first-order chi connectivity index (χ1) is 8.65. The number of aromatic carboxylic acids is 1. The molecule has 0 saturated heterocycles. The Labute approximate surface area is 107 Å². The molecule has 1 aromatic carbocycles. The van der Waals surface area contributed by atoms with Gasteiger partial charge in [0, 0.05) is 6.61 Å². The monoisotopic (exact) mass is 254 g/mol. The molecule has 0 aliphatic carbocycles. The van der Waals surface area contributed by atoms with Crippen molar-refractivity contribution in [1.82, 2.24) is 0 Å². The molecule has 3 nitrogen and oxygen atoms in total. The summed E-state index contributed by atoms with van der Waals surface area (Å²) >= 11 is 0. The first kappa shape index (κ1) is 14.6. The molecule has 1 N–H and O–H groups in total. The molecule has 4 heteroatoms. The van der Waals surface area contributed by atoms with Crippen LogP contribution < -0.4 is 0 Å². The number of benzene rings is 1. The van der Waals surface area contributed by atoms with E-state index in [1.165, 1.54) is 18.6 Å². The molecule has 1 aromatic rings. The zero-order valence-electron chi connectivity index (χ0n) is 10.6. The quantitative estimate of drug-likeness (QED) is 0.721. The van der Waals surface area contributed by atoms with Gasteiger partial charge in [-0.15, -0.1) is 0 Å². The van der Waals surface area contributed by atoms with E-state index >= 15 is 0 Å². The van der Waals surface area contributed by atoms with Gasteiger partial charge in [-0.2, -0.15) is 0 Å². The Balaban J connectivity index is 2.45. The number of halogens is 1. The van der Waals surface area contributed by atoms with Gasteiger partial charge in [-0.3, -0.25) is 0 Å². The molecule has 0 amide bonds. The second kappa shape index (κ2) is 7.82. The van der Waals surface area contributed by atoms with Gasteiger partial charge in [0.25, 0.3) is 0 Å². The summed E-state index contributed by atoms with van der Waals surface area (Å²) in [6.45, 7) is 2.85. The third-order valence-corrected chi connectivity index (χ3v) is 2.70. The summed E-state index contributed by atoms with van der Waals surface area (Å²) in [5.41, 5.74) is 0.489. The Morgan fingerprint density at radius 1 is 1.33 bits per heavy atom. The molecule has 0 aromatic heterocycles. The fourth-order valence-electron chi connectivity index (χ4n) is 1.70. The summed E-state index contributed by atoms with van der Waals surface area (Å²) in [4.78, 5) is 10.9. The number of carbonyl (C=O) groups is 1. The first-order valence-corrected chi connectivity index (χ1v) is 6.24. The second-order valence-corrected chi connectivity index (χ2v) is 4.22. The summed E-state index contributed by atoms with van der Waals surface area (Å²) in [5, 5.41) is 8.95. The SMILES string of the molecule is CCCCCCOCc1cc(F)ccc1C(=O)O. The Hall–Kier alpha value is -1.42. The topological polar surface area (TPSA) is 46.5 Å². The van der Waals surface area contributed by atoms with Crippen LogP contribution in [0.3, 0.4) is 0 Å². The predicted octanol–water partition coefficient (Wildman–Crippen LogP) is 3.62. The first-order valence-electron chi connectivity index (χ1n) is 6.24. The Morgan fingerprint density at radius 3 is 2.78 bits per heavy atom. The molecule has 0 bridgehead atoms. The van der Waals surface area contributed by atoms with Gasteiger partial charge in [0.1, 0.15) is 5.82 Å². The number of carboxylic acid groups (broad SMARTS) is 1. The molecule has 0 radical (unpaired) electrons. The Kier molecular flexibility index (Phi) is 6.36. The number of ether oxygens (including phenoxy) is 1. The number of carboxylic acids is 1. The largest absolute Gasteiger partial charge is 0.478 e. The fraction of sp³-hybridized carbons (Fsp3) is 0.500. The van der Waals surface area contributed by atoms with Gasteiger partial charge in [0.2, 0.25) is 0 Å². The van der Waals surface area contributed by atoms with Crippen LogP contribution in [0.4, 0.5) is 4.39 Å². The van der Waals surface area contributed by atoms with E-state index in [1.54, 1.807) is 0 Å². The van der Waals surface area contributed by atoms with Crippen LogP contribution in [0.5, 0.6) is 0 Å². The van der Waals surface area contributed by atoms with Gasteiger partial charge in [-0.1, -0.05) is 26.2 Å². The van der Waals surface area contributed by atoms with Crippen molar-refractivity contribution in [3.63, 3.8) is 0 Å². The van der Waals surface area contributed by atoms with Gasteiger partial charge in [0.15, 0.2) is 0 Å². The van der Waals surface area contributed by atoms with Crippen LogP contribution in [0.15, 0.2) is 18.2 Å². The second-order valence-electron chi connectivity index (χ2n) is 4.22. The van der Waals surface area contributed by atoms with Gasteiger partial charge < -0.3 is 9.84 Å². The van der Waals surface area contributed by atoms with Crippen molar-refractivity contribution in [2.45, 2.75) is 39.2 Å². The molecular formula is C14H19FO3. The Morgan fingerprint density at radius 2 is 2.11 bits per heavy atom. The van der Waals surface area contributed by atoms with Crippen LogP contribution in [0.25, 0.3) is 0 Å². The number of rotatable bonds is 8. The molecule has 0 aliphatic heterocycles. The smallest absolute Gasteiger partial charge is 0.336 e. The average Bonchev–Trinajstić information content (AvgIpc) is 2.33. The minimum Gasteiger partial charge on any atom is -0.478 e. The van der Waals surface area contributed by atoms with Crippen LogP contribution in [0, 0.1) is 5.82 Å². The van der Waals surface area contributed by atoms with E-state index in [0.29, 0.717) is 12.2 Å². The normalized spacial score (nSPS) is 10.6. The highest BCUT2D eigenvalue weighted by Crippen LogP contribution is 2.13. The van der Waals surface area contributed by atoms with E-state index in [-0.39, 0.29) is 12.2 Å². The summed E-state index contributed by atoms with van der Waals surface area (Å²) in [6.07, 6.45) is 4.38. The molecule has 0 saturated carbocycles. The highest BCUT2D eigenvalue weighted by atomic mass is 19.1. The van der Waals surface area contributed by atoms with Crippen LogP contribution in [0.1, 0.15) is 48.5 Å². The highest BCUT2D eigenvalue weighted by Gasteiger charge is 2.10. The molecule has 18 heavy (non-hydrogen) atoms. The Bertz CT molecular complexity index is 391. The molecule has 0 atom stereocenters. The van der Waals surface area contributed by atoms with E-state index in [9.17, 15) is 9.18 Å². The lowest BCUT2D eigenvalue weighted by molar-refractivity contribution is 0.0686. The molecular weight excluding hydrogens is 235 g/mol. The van der Waals surface area contributed by atoms with Crippen molar-refractivity contribution >= 4 is 5.97 Å². The van der Waals surface area contributed by atoms with E-state index in [1.807, 2.05) is 0 Å². The lowest BCUT2D eigenvalue weighted by Crippen LogP contribution is -2.05. The molecule has 0 unspecified atom stereocenters. The highest BCUT2D eigenvalue weighted by molar-refractivity contribution is 5.89. The van der Waals surface area contributed by atoms with E-state index in [0.717, 1.165) is 25.3 Å². The summed E-state index contributed by atoms with van der Waals surface area (Å²) in [5.74, 6) is -1.50. The molecule has 1 rings (SSSR count). The third kappa shape index (κ3) is 4.84. The van der Waals surface area contributed by atoms with Crippen molar-refractivity contribution in [2.24, 2.45) is 0 Å². The van der Waals surface area contributed by atoms with Crippen LogP contribution in [-0.2, 0) is 11.3 Å². The van der Waals surface area contributed by atoms with Crippen LogP contribution in [0.2, 0.25) is 0 Å². The maximum atomic E-state index is 13.0. The summed E-state index contributed by atoms with van der Waals surface area (Å²) in [7, 11) is 0. The molecule has 0 fully saturated rings. The molecule has 100 valence electrons. The van der Waals surface area contributed by atoms with E-state index in [2.05, 4.69) is 6.92 Å². The minimum absolute atomic E-state index is 0.102. The maximum absolute atomic E-state index is 13.0. The number of hydrogen-bond donors (Lipinski definition) is 1. The third-order valence-electron chi connectivity index (χ3n) is 2.70. The van der Waals surface area contributed by atoms with Crippen molar-refractivity contribution < 1.29 is 19.0 Å². The average molecular weight is 254 g/mol. The van der Waals surface area contributed by atoms with Gasteiger partial charge in [0.05, 0.1) is 12.2 Å². The lowest BCUT2D eigenvalue weighted by Gasteiger charge is -2.07. The predicted molar refractivity (Wildman–Crippen MR) is 67.2 cm³/mol. The molecule has 0 heterocycles. The number of unbranched alkanes of at least 4 members (excludes halogenated alkanes) is 3. The number of hydrogen-bond acceptors (Lipinski definition) is 2. The van der Waals surface area contributed by atoms with Crippen molar-refractivity contribution in [1.29, 1.82) is 0 Å². The van der Waals surface area contributed by atoms with Gasteiger partial charge in [-0.25, -0.2) is 9.18 Å². The standard InChI is InChI=1S/C14H19FO3/c1-2-3-4-5-8-18-10-11-9-12(15)6-7-13(11)14(16)17/h6-7,9H,2-5,8,10H2,1H3,(H,16,17). The van der Waals surface area contributed by atoms with Crippen LogP contribution >= 0.6 is 0 Å². The lowest BCUT2D eigenvalue weighted by atomic mass is 10.1. The fourth-order valence-corrected chi connectivity index (χ4v) is 1.70. The zero-order chi connectivity index (χ0) is 13.4. The van der Waals surface area contributed by atoms with Crippen LogP contribution in [-0.4, -0.2) is 17.7 Å². The van der Waals surface area contributed by atoms with E-state index in [4.69, 9.17) is 9.84 Å². The van der Waals surface area contributed by atoms with Gasteiger partial charge in [-0.05, 0) is 30.2 Å². The molecule has 0 aliphatic rings.